The number of likely N-dealkylation sites (N-methyl/N-ethyl adjacent to an activating group) is 1. The average Bonchev–Trinajstić information content (AvgIpc) is 2.41. The Bertz CT molecular complexity index is 226. The molecule has 0 spiro atoms. The second-order valence-electron chi connectivity index (χ2n) is 6.22. The van der Waals surface area contributed by atoms with E-state index in [0.717, 1.165) is 26.0 Å². The molecule has 5 heteroatoms. The van der Waals surface area contributed by atoms with Crippen molar-refractivity contribution >= 4 is 0 Å². The van der Waals surface area contributed by atoms with Crippen molar-refractivity contribution in [2.75, 3.05) is 53.6 Å². The minimum Gasteiger partial charge on any atom is -0.389 e. The fourth-order valence-electron chi connectivity index (χ4n) is 1.94. The molecule has 5 nitrogen and oxygen atoms in total. The summed E-state index contributed by atoms with van der Waals surface area (Å²) < 4.78 is 10.8. The van der Waals surface area contributed by atoms with Gasteiger partial charge in [0.15, 0.2) is 0 Å². The quantitative estimate of drug-likeness (QED) is 0.475. The Labute approximate surface area is 131 Å². The molecule has 0 radical (unpaired) electrons. The fourth-order valence-corrected chi connectivity index (χ4v) is 1.94. The van der Waals surface area contributed by atoms with Gasteiger partial charge >= 0.3 is 0 Å². The summed E-state index contributed by atoms with van der Waals surface area (Å²) >= 11 is 0. The van der Waals surface area contributed by atoms with Crippen LogP contribution < -0.4 is 5.32 Å². The molecule has 0 aliphatic carbocycles. The van der Waals surface area contributed by atoms with Crippen LogP contribution in [0, 0.1) is 5.92 Å². The summed E-state index contributed by atoms with van der Waals surface area (Å²) in [5, 5.41) is 13.3. The van der Waals surface area contributed by atoms with Crippen LogP contribution in [-0.2, 0) is 9.47 Å². The van der Waals surface area contributed by atoms with Crippen molar-refractivity contribution in [3.63, 3.8) is 0 Å². The molecule has 0 fully saturated rings. The molecule has 0 amide bonds. The first-order valence-corrected chi connectivity index (χ1v) is 8.19. The summed E-state index contributed by atoms with van der Waals surface area (Å²) in [7, 11) is 4.13. The summed E-state index contributed by atoms with van der Waals surface area (Å²) in [5.74, 6) is 0.535. The van der Waals surface area contributed by atoms with Gasteiger partial charge in [0.05, 0.1) is 25.9 Å². The maximum atomic E-state index is 9.91. The van der Waals surface area contributed by atoms with Crippen molar-refractivity contribution in [3.8, 4) is 0 Å². The van der Waals surface area contributed by atoms with Crippen LogP contribution in [0.1, 0.15) is 33.6 Å². The fraction of sp³-hybridized carbons (Fsp3) is 1.00. The van der Waals surface area contributed by atoms with E-state index in [1.54, 1.807) is 0 Å². The zero-order valence-electron chi connectivity index (χ0n) is 14.6. The van der Waals surface area contributed by atoms with Crippen LogP contribution in [0.5, 0.6) is 0 Å². The van der Waals surface area contributed by atoms with E-state index >= 15 is 0 Å². The molecule has 2 unspecified atom stereocenters. The van der Waals surface area contributed by atoms with Crippen LogP contribution in [-0.4, -0.2) is 75.8 Å². The molecular weight excluding hydrogens is 268 g/mol. The average molecular weight is 304 g/mol. The topological polar surface area (TPSA) is 54.0 Å². The van der Waals surface area contributed by atoms with Crippen LogP contribution in [0.4, 0.5) is 0 Å². The summed E-state index contributed by atoms with van der Waals surface area (Å²) in [5.41, 5.74) is 0. The Hall–Kier alpha value is -0.200. The minimum absolute atomic E-state index is 0.358. The number of aliphatic hydroxyl groups excluding tert-OH is 1. The van der Waals surface area contributed by atoms with E-state index in [4.69, 9.17) is 9.47 Å². The van der Waals surface area contributed by atoms with Crippen LogP contribution in [0.2, 0.25) is 0 Å². The molecular formula is C16H36N2O3. The van der Waals surface area contributed by atoms with Gasteiger partial charge in [0.1, 0.15) is 0 Å². The number of hydrogen-bond donors (Lipinski definition) is 2. The number of rotatable bonds is 14. The number of hydrogen-bond acceptors (Lipinski definition) is 5. The van der Waals surface area contributed by atoms with E-state index in [0.29, 0.717) is 38.3 Å². The Morgan fingerprint density at radius 3 is 2.33 bits per heavy atom. The van der Waals surface area contributed by atoms with Gasteiger partial charge in [-0.3, -0.25) is 0 Å². The third-order valence-electron chi connectivity index (χ3n) is 3.31. The molecule has 0 aliphatic rings. The van der Waals surface area contributed by atoms with E-state index < -0.39 is 6.10 Å². The van der Waals surface area contributed by atoms with Gasteiger partial charge in [0.2, 0.25) is 0 Å². The third kappa shape index (κ3) is 13.2. The highest BCUT2D eigenvalue weighted by atomic mass is 16.5. The number of nitrogens with zero attached hydrogens (tertiary/aromatic N) is 1. The second kappa shape index (κ2) is 13.5. The molecule has 0 saturated heterocycles. The molecule has 2 atom stereocenters. The number of nitrogens with one attached hydrogen (secondary N) is 1. The van der Waals surface area contributed by atoms with Crippen LogP contribution in [0.15, 0.2) is 0 Å². The monoisotopic (exact) mass is 304 g/mol. The van der Waals surface area contributed by atoms with Crippen molar-refractivity contribution in [1.29, 1.82) is 0 Å². The molecule has 0 aromatic heterocycles. The minimum atomic E-state index is -0.468. The van der Waals surface area contributed by atoms with Gasteiger partial charge in [0.25, 0.3) is 0 Å². The van der Waals surface area contributed by atoms with E-state index in [1.165, 1.54) is 0 Å². The van der Waals surface area contributed by atoms with Crippen molar-refractivity contribution in [2.45, 2.75) is 45.8 Å². The van der Waals surface area contributed by atoms with E-state index in [9.17, 15) is 5.11 Å². The molecule has 128 valence electrons. The number of aliphatic hydroxyl groups is 1. The smallest absolute Gasteiger partial charge is 0.0897 e. The predicted octanol–water partition coefficient (Wildman–Crippen LogP) is 1.36. The van der Waals surface area contributed by atoms with Gasteiger partial charge in [-0.15, -0.1) is 0 Å². The zero-order chi connectivity index (χ0) is 16.1. The highest BCUT2D eigenvalue weighted by Crippen LogP contribution is 2.02. The lowest BCUT2D eigenvalue weighted by Crippen LogP contribution is -2.45. The van der Waals surface area contributed by atoms with Crippen molar-refractivity contribution in [3.05, 3.63) is 0 Å². The highest BCUT2D eigenvalue weighted by Gasteiger charge is 2.15. The maximum Gasteiger partial charge on any atom is 0.0897 e. The van der Waals surface area contributed by atoms with Gasteiger partial charge in [-0.1, -0.05) is 27.2 Å². The first-order valence-electron chi connectivity index (χ1n) is 8.19. The molecule has 0 aromatic rings. The highest BCUT2D eigenvalue weighted by molar-refractivity contribution is 4.74. The normalized spacial score (nSPS) is 14.9. The largest absolute Gasteiger partial charge is 0.389 e. The SMILES string of the molecule is CCCCOCCOCC(O)CNC(CN(C)C)C(C)C. The zero-order valence-corrected chi connectivity index (χ0v) is 14.6. The van der Waals surface area contributed by atoms with E-state index in [2.05, 4.69) is 45.1 Å². The molecule has 0 aromatic carbocycles. The van der Waals surface area contributed by atoms with Gasteiger partial charge in [-0.25, -0.2) is 0 Å². The van der Waals surface area contributed by atoms with Crippen LogP contribution >= 0.6 is 0 Å². The third-order valence-corrected chi connectivity index (χ3v) is 3.31. The van der Waals surface area contributed by atoms with Gasteiger partial charge in [-0.2, -0.15) is 0 Å². The van der Waals surface area contributed by atoms with Crippen molar-refractivity contribution in [2.24, 2.45) is 5.92 Å². The van der Waals surface area contributed by atoms with E-state index in [1.807, 2.05) is 0 Å². The lowest BCUT2D eigenvalue weighted by molar-refractivity contribution is 0.00255. The van der Waals surface area contributed by atoms with Crippen molar-refractivity contribution in [1.82, 2.24) is 10.2 Å². The Kier molecular flexibility index (Phi) is 13.3. The molecule has 0 heterocycles. The Morgan fingerprint density at radius 2 is 1.76 bits per heavy atom. The van der Waals surface area contributed by atoms with Gasteiger partial charge in [-0.05, 0) is 26.4 Å². The number of unbranched alkanes of at least 4 members (excludes halogenated alkanes) is 1. The van der Waals surface area contributed by atoms with Crippen molar-refractivity contribution < 1.29 is 14.6 Å². The summed E-state index contributed by atoms with van der Waals surface area (Å²) in [6.07, 6.45) is 1.77. The lowest BCUT2D eigenvalue weighted by atomic mass is 10.0. The first-order chi connectivity index (χ1) is 9.97. The standard InChI is InChI=1S/C16H36N2O3/c1-6-7-8-20-9-10-21-13-15(19)11-17-16(14(2)3)12-18(4)5/h14-17,19H,6-13H2,1-5H3. The Morgan fingerprint density at radius 1 is 1.10 bits per heavy atom. The first kappa shape index (κ1) is 20.8. The predicted molar refractivity (Wildman–Crippen MR) is 87.7 cm³/mol. The molecule has 0 saturated carbocycles. The summed E-state index contributed by atoms with van der Waals surface area (Å²) in [6, 6.07) is 0.382. The molecule has 0 rings (SSSR count). The number of ether oxygens (including phenoxy) is 2. The molecule has 2 N–H and O–H groups in total. The van der Waals surface area contributed by atoms with Gasteiger partial charge in [0, 0.05) is 25.7 Å². The Balaban J connectivity index is 3.61. The van der Waals surface area contributed by atoms with Gasteiger partial charge < -0.3 is 24.8 Å². The molecule has 21 heavy (non-hydrogen) atoms. The summed E-state index contributed by atoms with van der Waals surface area (Å²) in [4.78, 5) is 2.16. The second-order valence-corrected chi connectivity index (χ2v) is 6.22. The lowest BCUT2D eigenvalue weighted by Gasteiger charge is -2.26. The molecule has 0 bridgehead atoms. The molecule has 0 aliphatic heterocycles. The maximum absolute atomic E-state index is 9.91. The van der Waals surface area contributed by atoms with E-state index in [-0.39, 0.29) is 0 Å². The van der Waals surface area contributed by atoms with Crippen LogP contribution in [0.25, 0.3) is 0 Å². The van der Waals surface area contributed by atoms with Crippen LogP contribution in [0.3, 0.4) is 0 Å². The summed E-state index contributed by atoms with van der Waals surface area (Å²) in [6.45, 7) is 10.4.